The molecule has 1 aliphatic rings. The molecule has 0 saturated heterocycles. The van der Waals surface area contributed by atoms with Crippen molar-refractivity contribution < 1.29 is 0 Å². The van der Waals surface area contributed by atoms with Gasteiger partial charge in [-0.3, -0.25) is 0 Å². The van der Waals surface area contributed by atoms with Crippen molar-refractivity contribution in [3.8, 4) is 0 Å². The number of hydrogen-bond donors (Lipinski definition) is 1. The summed E-state index contributed by atoms with van der Waals surface area (Å²) in [4.78, 5) is 2.61. The Bertz CT molecular complexity index is 213. The Hall–Kier alpha value is -0.0800. The molecule has 0 amide bonds. The quantitative estimate of drug-likeness (QED) is 0.793. The van der Waals surface area contributed by atoms with Crippen LogP contribution < -0.4 is 5.32 Å². The molecule has 17 heavy (non-hydrogen) atoms. The minimum absolute atomic E-state index is 0.236. The molecule has 0 spiro atoms. The Morgan fingerprint density at radius 3 is 2.18 bits per heavy atom. The molecule has 102 valence electrons. The molecule has 0 aromatic carbocycles. The van der Waals surface area contributed by atoms with Crippen molar-refractivity contribution in [3.05, 3.63) is 0 Å². The average molecular weight is 240 g/mol. The first-order valence-electron chi connectivity index (χ1n) is 7.28. The van der Waals surface area contributed by atoms with Crippen LogP contribution in [0.3, 0.4) is 0 Å². The SMILES string of the molecule is CC(CNC(C)(C)C)C(C)N(C)C1CCCC1. The highest BCUT2D eigenvalue weighted by atomic mass is 15.2. The second-order valence-electron chi connectivity index (χ2n) is 6.95. The summed E-state index contributed by atoms with van der Waals surface area (Å²) in [5.41, 5.74) is 0.236. The van der Waals surface area contributed by atoms with Gasteiger partial charge in [0, 0.05) is 17.6 Å². The summed E-state index contributed by atoms with van der Waals surface area (Å²) >= 11 is 0. The fourth-order valence-corrected chi connectivity index (χ4v) is 2.68. The van der Waals surface area contributed by atoms with Crippen LogP contribution in [0.5, 0.6) is 0 Å². The molecule has 2 heteroatoms. The summed E-state index contributed by atoms with van der Waals surface area (Å²) in [6.45, 7) is 12.6. The van der Waals surface area contributed by atoms with E-state index in [1.54, 1.807) is 0 Å². The van der Waals surface area contributed by atoms with Crippen LogP contribution in [0.2, 0.25) is 0 Å². The Labute approximate surface area is 108 Å². The van der Waals surface area contributed by atoms with Crippen LogP contribution in [0.15, 0.2) is 0 Å². The fourth-order valence-electron chi connectivity index (χ4n) is 2.68. The first-order valence-corrected chi connectivity index (χ1v) is 7.28. The summed E-state index contributed by atoms with van der Waals surface area (Å²) < 4.78 is 0. The van der Waals surface area contributed by atoms with E-state index < -0.39 is 0 Å². The van der Waals surface area contributed by atoms with Gasteiger partial charge in [0.1, 0.15) is 0 Å². The topological polar surface area (TPSA) is 15.3 Å². The number of nitrogens with zero attached hydrogens (tertiary/aromatic N) is 1. The molecule has 0 aromatic heterocycles. The molecule has 2 atom stereocenters. The zero-order chi connectivity index (χ0) is 13.1. The van der Waals surface area contributed by atoms with Crippen LogP contribution in [-0.4, -0.2) is 36.1 Å². The molecule has 0 heterocycles. The minimum atomic E-state index is 0.236. The molecule has 0 aromatic rings. The second kappa shape index (κ2) is 6.19. The smallest absolute Gasteiger partial charge is 0.0105 e. The summed E-state index contributed by atoms with van der Waals surface area (Å²) in [6, 6.07) is 1.51. The van der Waals surface area contributed by atoms with Crippen molar-refractivity contribution in [1.82, 2.24) is 10.2 Å². The molecule has 0 bridgehead atoms. The lowest BCUT2D eigenvalue weighted by atomic mass is 9.98. The number of nitrogens with one attached hydrogen (secondary N) is 1. The van der Waals surface area contributed by atoms with Gasteiger partial charge in [0.25, 0.3) is 0 Å². The van der Waals surface area contributed by atoms with Gasteiger partial charge in [0.2, 0.25) is 0 Å². The van der Waals surface area contributed by atoms with Crippen molar-refractivity contribution in [1.29, 1.82) is 0 Å². The molecular weight excluding hydrogens is 208 g/mol. The van der Waals surface area contributed by atoms with Crippen molar-refractivity contribution in [2.24, 2.45) is 5.92 Å². The van der Waals surface area contributed by atoms with Gasteiger partial charge in [0.15, 0.2) is 0 Å². The largest absolute Gasteiger partial charge is 0.312 e. The average Bonchev–Trinajstić information content (AvgIpc) is 2.76. The van der Waals surface area contributed by atoms with E-state index in [0.29, 0.717) is 12.0 Å². The van der Waals surface area contributed by atoms with Gasteiger partial charge in [-0.25, -0.2) is 0 Å². The molecule has 1 saturated carbocycles. The summed E-state index contributed by atoms with van der Waals surface area (Å²) in [6.07, 6.45) is 5.66. The van der Waals surface area contributed by atoms with E-state index in [2.05, 4.69) is 51.9 Å². The molecule has 2 unspecified atom stereocenters. The second-order valence-corrected chi connectivity index (χ2v) is 6.95. The summed E-state index contributed by atoms with van der Waals surface area (Å²) in [7, 11) is 2.31. The van der Waals surface area contributed by atoms with Crippen LogP contribution in [-0.2, 0) is 0 Å². The van der Waals surface area contributed by atoms with Crippen molar-refractivity contribution in [2.45, 2.75) is 77.9 Å². The molecule has 1 rings (SSSR count). The highest BCUT2D eigenvalue weighted by Crippen LogP contribution is 2.25. The van der Waals surface area contributed by atoms with Crippen LogP contribution in [0.1, 0.15) is 60.3 Å². The Morgan fingerprint density at radius 2 is 1.71 bits per heavy atom. The van der Waals surface area contributed by atoms with Gasteiger partial charge in [0.05, 0.1) is 0 Å². The third kappa shape index (κ3) is 4.97. The molecule has 2 nitrogen and oxygen atoms in total. The van der Waals surface area contributed by atoms with E-state index in [4.69, 9.17) is 0 Å². The lowest BCUT2D eigenvalue weighted by Gasteiger charge is -2.35. The zero-order valence-corrected chi connectivity index (χ0v) is 12.7. The van der Waals surface area contributed by atoms with Crippen LogP contribution >= 0.6 is 0 Å². The lowest BCUT2D eigenvalue weighted by Crippen LogP contribution is -2.46. The molecule has 0 radical (unpaired) electrons. The predicted molar refractivity (Wildman–Crippen MR) is 76.4 cm³/mol. The van der Waals surface area contributed by atoms with E-state index in [-0.39, 0.29) is 5.54 Å². The standard InChI is InChI=1S/C15H32N2/c1-12(11-16-15(3,4)5)13(2)17(6)14-9-7-8-10-14/h12-14,16H,7-11H2,1-6H3. The van der Waals surface area contributed by atoms with Crippen LogP contribution in [0.25, 0.3) is 0 Å². The van der Waals surface area contributed by atoms with Crippen molar-refractivity contribution in [3.63, 3.8) is 0 Å². The minimum Gasteiger partial charge on any atom is -0.312 e. The molecular formula is C15H32N2. The molecule has 1 fully saturated rings. The van der Waals surface area contributed by atoms with Gasteiger partial charge in [-0.05, 0) is 60.0 Å². The molecule has 1 N–H and O–H groups in total. The third-order valence-electron chi connectivity index (χ3n) is 4.32. The van der Waals surface area contributed by atoms with Crippen LogP contribution in [0.4, 0.5) is 0 Å². The van der Waals surface area contributed by atoms with Crippen LogP contribution in [0, 0.1) is 5.92 Å². The predicted octanol–water partition coefficient (Wildman–Crippen LogP) is 3.27. The Balaban J connectivity index is 2.36. The first-order chi connectivity index (χ1) is 7.81. The van der Waals surface area contributed by atoms with Gasteiger partial charge in [-0.1, -0.05) is 19.8 Å². The lowest BCUT2D eigenvalue weighted by molar-refractivity contribution is 0.138. The first kappa shape index (κ1) is 15.0. The van der Waals surface area contributed by atoms with Gasteiger partial charge in [-0.2, -0.15) is 0 Å². The Kier molecular flexibility index (Phi) is 5.46. The normalized spacial score (nSPS) is 22.1. The van der Waals surface area contributed by atoms with E-state index in [9.17, 15) is 0 Å². The highest BCUT2D eigenvalue weighted by Gasteiger charge is 2.26. The number of hydrogen-bond acceptors (Lipinski definition) is 2. The van der Waals surface area contributed by atoms with Crippen molar-refractivity contribution >= 4 is 0 Å². The maximum absolute atomic E-state index is 3.62. The van der Waals surface area contributed by atoms with E-state index in [1.807, 2.05) is 0 Å². The Morgan fingerprint density at radius 1 is 1.18 bits per heavy atom. The maximum Gasteiger partial charge on any atom is 0.0105 e. The summed E-state index contributed by atoms with van der Waals surface area (Å²) in [5, 5.41) is 3.62. The zero-order valence-electron chi connectivity index (χ0n) is 12.7. The highest BCUT2D eigenvalue weighted by molar-refractivity contribution is 4.83. The maximum atomic E-state index is 3.62. The van der Waals surface area contributed by atoms with Gasteiger partial charge < -0.3 is 10.2 Å². The molecule has 1 aliphatic carbocycles. The van der Waals surface area contributed by atoms with E-state index >= 15 is 0 Å². The van der Waals surface area contributed by atoms with Gasteiger partial charge >= 0.3 is 0 Å². The monoisotopic (exact) mass is 240 g/mol. The third-order valence-corrected chi connectivity index (χ3v) is 4.32. The number of rotatable bonds is 5. The fraction of sp³-hybridized carbons (Fsp3) is 1.00. The van der Waals surface area contributed by atoms with E-state index in [0.717, 1.165) is 12.6 Å². The summed E-state index contributed by atoms with van der Waals surface area (Å²) in [5.74, 6) is 0.708. The molecule has 0 aliphatic heterocycles. The van der Waals surface area contributed by atoms with Crippen molar-refractivity contribution in [2.75, 3.05) is 13.6 Å². The van der Waals surface area contributed by atoms with Gasteiger partial charge in [-0.15, -0.1) is 0 Å². The van der Waals surface area contributed by atoms with E-state index in [1.165, 1.54) is 25.7 Å².